The van der Waals surface area contributed by atoms with Gasteiger partial charge < -0.3 is 14.7 Å². The second kappa shape index (κ2) is 4.74. The van der Waals surface area contributed by atoms with E-state index in [1.54, 1.807) is 25.1 Å². The summed E-state index contributed by atoms with van der Waals surface area (Å²) < 4.78 is 44.8. The molecule has 1 unspecified atom stereocenters. The first-order valence-electron chi connectivity index (χ1n) is 7.11. The maximum atomic E-state index is 13.6. The number of rotatable bonds is 2. The van der Waals surface area contributed by atoms with E-state index in [0.29, 0.717) is 17.2 Å². The zero-order valence-corrected chi connectivity index (χ0v) is 14.4. The number of fused-ring (bicyclic) bond motifs is 2. The summed E-state index contributed by atoms with van der Waals surface area (Å²) >= 11 is 0. The largest absolute Gasteiger partial charge is 0.446 e. The minimum Gasteiger partial charge on any atom is -0.446 e. The molecule has 0 amide bonds. The van der Waals surface area contributed by atoms with Crippen molar-refractivity contribution in [1.29, 1.82) is 0 Å². The van der Waals surface area contributed by atoms with Crippen LogP contribution in [0.25, 0.3) is 0 Å². The van der Waals surface area contributed by atoms with E-state index in [2.05, 4.69) is 0 Å². The molecule has 2 N–H and O–H groups in total. The molecule has 0 spiro atoms. The summed E-state index contributed by atoms with van der Waals surface area (Å²) in [6.07, 6.45) is 0.299. The molecule has 0 fully saturated rings. The van der Waals surface area contributed by atoms with Crippen molar-refractivity contribution in [1.82, 2.24) is 0 Å². The van der Waals surface area contributed by atoms with Crippen LogP contribution in [0.2, 0.25) is 0 Å². The number of anilines is 1. The van der Waals surface area contributed by atoms with E-state index in [-0.39, 0.29) is 26.9 Å². The third-order valence-corrected chi connectivity index (χ3v) is 9.27. The summed E-state index contributed by atoms with van der Waals surface area (Å²) in [7, 11) is -6.95. The van der Waals surface area contributed by atoms with Gasteiger partial charge in [0.15, 0.2) is 7.14 Å². The Kier molecular flexibility index (Phi) is 3.31. The van der Waals surface area contributed by atoms with Crippen LogP contribution in [0.15, 0.2) is 38.7 Å². The third kappa shape index (κ3) is 1.77. The van der Waals surface area contributed by atoms with Crippen molar-refractivity contribution in [3.63, 3.8) is 0 Å². The number of nitrogens with two attached hydrogens (primary N) is 1. The minimum absolute atomic E-state index is 0.0664. The third-order valence-electron chi connectivity index (χ3n) is 4.04. The van der Waals surface area contributed by atoms with E-state index in [9.17, 15) is 13.0 Å². The van der Waals surface area contributed by atoms with Gasteiger partial charge >= 0.3 is 0 Å². The molecule has 0 saturated carbocycles. The van der Waals surface area contributed by atoms with Crippen LogP contribution in [0.4, 0.5) is 5.69 Å². The van der Waals surface area contributed by atoms with E-state index >= 15 is 0 Å². The van der Waals surface area contributed by atoms with Gasteiger partial charge in [-0.15, -0.1) is 0 Å². The fraction of sp³-hybridized carbons (Fsp3) is 0.333. The Hall–Kier alpha value is -1.52. The molecular formula is C15H18NO4PS. The Labute approximate surface area is 129 Å². The van der Waals surface area contributed by atoms with Gasteiger partial charge in [-0.05, 0) is 12.1 Å². The molecule has 2 aromatic rings. The van der Waals surface area contributed by atoms with Gasteiger partial charge in [0.2, 0.25) is 14.9 Å². The Bertz CT molecular complexity index is 912. The molecular weight excluding hydrogens is 321 g/mol. The molecule has 2 heterocycles. The Morgan fingerprint density at radius 3 is 2.50 bits per heavy atom. The summed E-state index contributed by atoms with van der Waals surface area (Å²) in [4.78, 5) is 0.0664. The maximum absolute atomic E-state index is 13.6. The topological polar surface area (TPSA) is 90.4 Å². The predicted molar refractivity (Wildman–Crippen MR) is 86.5 cm³/mol. The van der Waals surface area contributed by atoms with E-state index in [0.717, 1.165) is 0 Å². The zero-order chi connectivity index (χ0) is 16.3. The van der Waals surface area contributed by atoms with Crippen LogP contribution in [-0.4, -0.2) is 14.6 Å². The molecule has 1 aliphatic heterocycles. The normalized spacial score (nSPS) is 22.4. The van der Waals surface area contributed by atoms with Crippen LogP contribution in [0.3, 0.4) is 0 Å². The van der Waals surface area contributed by atoms with Crippen molar-refractivity contribution in [2.75, 3.05) is 11.9 Å². The van der Waals surface area contributed by atoms with Crippen molar-refractivity contribution in [3.05, 3.63) is 30.0 Å². The van der Waals surface area contributed by atoms with Crippen LogP contribution in [0.1, 0.15) is 32.4 Å². The molecule has 118 valence electrons. The second-order valence-corrected chi connectivity index (χ2v) is 10.6. The number of nitrogen functional groups attached to an aromatic ring is 1. The molecule has 0 saturated heterocycles. The van der Waals surface area contributed by atoms with Crippen LogP contribution < -0.4 is 16.3 Å². The number of furan rings is 1. The predicted octanol–water partition coefficient (Wildman–Crippen LogP) is 2.47. The highest BCUT2D eigenvalue weighted by Crippen LogP contribution is 2.53. The van der Waals surface area contributed by atoms with Gasteiger partial charge in [0.1, 0.15) is 5.76 Å². The zero-order valence-electron chi connectivity index (χ0n) is 12.7. The molecule has 7 heteroatoms. The van der Waals surface area contributed by atoms with Crippen molar-refractivity contribution < 1.29 is 17.4 Å². The lowest BCUT2D eigenvalue weighted by atomic mass is 10.1. The Morgan fingerprint density at radius 1 is 1.27 bits per heavy atom. The van der Waals surface area contributed by atoms with Gasteiger partial charge in [0.05, 0.1) is 15.9 Å². The molecule has 0 radical (unpaired) electrons. The summed E-state index contributed by atoms with van der Waals surface area (Å²) in [5.41, 5.74) is 6.34. The molecule has 3 rings (SSSR count). The maximum Gasteiger partial charge on any atom is 0.241 e. The summed E-state index contributed by atoms with van der Waals surface area (Å²) in [6, 6.07) is 6.41. The highest BCUT2D eigenvalue weighted by atomic mass is 32.2. The van der Waals surface area contributed by atoms with Crippen LogP contribution in [-0.2, 0) is 14.4 Å². The minimum atomic E-state index is -3.84. The van der Waals surface area contributed by atoms with Gasteiger partial charge in [-0.3, -0.25) is 0 Å². The van der Waals surface area contributed by atoms with E-state index in [4.69, 9.17) is 10.2 Å². The first-order valence-corrected chi connectivity index (χ1v) is 10.5. The lowest BCUT2D eigenvalue weighted by molar-refractivity contribution is 0.404. The average molecular weight is 339 g/mol. The van der Waals surface area contributed by atoms with Crippen molar-refractivity contribution >= 4 is 33.3 Å². The second-order valence-electron chi connectivity index (χ2n) is 5.70. The monoisotopic (exact) mass is 339 g/mol. The quantitative estimate of drug-likeness (QED) is 0.849. The van der Waals surface area contributed by atoms with Crippen LogP contribution in [0.5, 0.6) is 0 Å². The van der Waals surface area contributed by atoms with Gasteiger partial charge in [-0.25, -0.2) is 8.42 Å². The lowest BCUT2D eigenvalue weighted by Crippen LogP contribution is -2.32. The molecule has 1 aromatic carbocycles. The van der Waals surface area contributed by atoms with E-state index < -0.39 is 17.0 Å². The highest BCUT2D eigenvalue weighted by molar-refractivity contribution is 7.95. The van der Waals surface area contributed by atoms with Gasteiger partial charge in [0.25, 0.3) is 0 Å². The molecule has 5 nitrogen and oxygen atoms in total. The lowest BCUT2D eigenvalue weighted by Gasteiger charge is -2.24. The molecule has 22 heavy (non-hydrogen) atoms. The van der Waals surface area contributed by atoms with E-state index in [1.165, 1.54) is 6.07 Å². The fourth-order valence-corrected chi connectivity index (χ4v) is 8.38. The molecule has 1 aromatic heterocycles. The molecule has 1 atom stereocenters. The average Bonchev–Trinajstić information content (AvgIpc) is 2.85. The molecule has 0 bridgehead atoms. The Balaban J connectivity index is 2.50. The van der Waals surface area contributed by atoms with Gasteiger partial charge in [-0.2, -0.15) is 0 Å². The van der Waals surface area contributed by atoms with Crippen LogP contribution >= 0.6 is 7.14 Å². The standard InChI is InChI=1S/C15H18NO4PS/c1-4-21(17)10-7-5-6-8-11(10)22(18,19)15-14(21)12(16)13(20-15)9(2)3/h5-9H,4,16H2,1-3H3. The van der Waals surface area contributed by atoms with Gasteiger partial charge in [0, 0.05) is 17.4 Å². The number of sulfone groups is 1. The van der Waals surface area contributed by atoms with Gasteiger partial charge in [-0.1, -0.05) is 32.9 Å². The number of hydrogen-bond donors (Lipinski definition) is 1. The Morgan fingerprint density at radius 2 is 1.91 bits per heavy atom. The highest BCUT2D eigenvalue weighted by Gasteiger charge is 2.47. The SMILES string of the molecule is CCP1(=O)c2ccccc2S(=O)(=O)c2oc(C(C)C)c(N)c21. The van der Waals surface area contributed by atoms with Crippen molar-refractivity contribution in [3.8, 4) is 0 Å². The summed E-state index contributed by atoms with van der Waals surface area (Å²) in [6.45, 7) is 5.50. The number of hydrogen-bond acceptors (Lipinski definition) is 5. The summed E-state index contributed by atoms with van der Waals surface area (Å²) in [5, 5.41) is 0.294. The molecule has 1 aliphatic rings. The number of benzene rings is 1. The van der Waals surface area contributed by atoms with Crippen LogP contribution in [0, 0.1) is 0 Å². The fourth-order valence-electron chi connectivity index (χ4n) is 2.91. The smallest absolute Gasteiger partial charge is 0.241 e. The first-order chi connectivity index (χ1) is 10.2. The van der Waals surface area contributed by atoms with Crippen molar-refractivity contribution in [2.24, 2.45) is 0 Å². The van der Waals surface area contributed by atoms with Crippen molar-refractivity contribution in [2.45, 2.75) is 36.7 Å². The first kappa shape index (κ1) is 15.4. The van der Waals surface area contributed by atoms with E-state index in [1.807, 2.05) is 13.8 Å². The molecule has 0 aliphatic carbocycles. The summed E-state index contributed by atoms with van der Waals surface area (Å²) in [5.74, 6) is 0.296.